The predicted molar refractivity (Wildman–Crippen MR) is 71.2 cm³/mol. The third kappa shape index (κ3) is 5.19. The number of amides is 1. The Morgan fingerprint density at radius 1 is 1.26 bits per heavy atom. The SMILES string of the molecule is NC(=O)CC[C@H](N)C(=O)OC1O[C@H](C(O)P(=O)(O)O)[C@@H](O)[C@H]1O. The molecule has 12 nitrogen and oxygen atoms in total. The number of primary amides is 1. The number of hydrogen-bond acceptors (Lipinski definition) is 9. The molecule has 134 valence electrons. The summed E-state index contributed by atoms with van der Waals surface area (Å²) in [4.78, 5) is 39.9. The van der Waals surface area contributed by atoms with Crippen molar-refractivity contribution in [1.82, 2.24) is 0 Å². The van der Waals surface area contributed by atoms with E-state index in [4.69, 9.17) is 26.0 Å². The zero-order chi connectivity index (χ0) is 17.9. The second kappa shape index (κ2) is 7.64. The van der Waals surface area contributed by atoms with Crippen molar-refractivity contribution in [3.8, 4) is 0 Å². The molecular formula is C10H19N2O10P. The highest BCUT2D eigenvalue weighted by Gasteiger charge is 2.52. The van der Waals surface area contributed by atoms with E-state index in [9.17, 15) is 29.5 Å². The first-order valence-corrected chi connectivity index (χ1v) is 8.12. The largest absolute Gasteiger partial charge is 0.432 e. The van der Waals surface area contributed by atoms with E-state index in [1.807, 2.05) is 0 Å². The van der Waals surface area contributed by atoms with E-state index in [2.05, 4.69) is 4.74 Å². The lowest BCUT2D eigenvalue weighted by Gasteiger charge is -2.21. The van der Waals surface area contributed by atoms with E-state index in [1.165, 1.54) is 0 Å². The van der Waals surface area contributed by atoms with Gasteiger partial charge >= 0.3 is 13.6 Å². The fourth-order valence-electron chi connectivity index (χ4n) is 1.82. The first-order valence-electron chi connectivity index (χ1n) is 6.44. The fourth-order valence-corrected chi connectivity index (χ4v) is 2.45. The van der Waals surface area contributed by atoms with E-state index >= 15 is 0 Å². The van der Waals surface area contributed by atoms with Gasteiger partial charge in [0.2, 0.25) is 12.2 Å². The summed E-state index contributed by atoms with van der Waals surface area (Å²) in [6, 6.07) is -1.26. The van der Waals surface area contributed by atoms with Crippen LogP contribution in [0.25, 0.3) is 0 Å². The highest BCUT2D eigenvalue weighted by Crippen LogP contribution is 2.45. The number of carbonyl (C=O) groups excluding carboxylic acids is 2. The summed E-state index contributed by atoms with van der Waals surface area (Å²) in [6.45, 7) is 0. The Hall–Kier alpha value is -1.11. The maximum absolute atomic E-state index is 11.6. The maximum Gasteiger partial charge on any atom is 0.356 e. The van der Waals surface area contributed by atoms with Gasteiger partial charge in [-0.15, -0.1) is 0 Å². The van der Waals surface area contributed by atoms with Crippen molar-refractivity contribution in [2.24, 2.45) is 11.5 Å². The van der Waals surface area contributed by atoms with Crippen LogP contribution in [0.15, 0.2) is 0 Å². The van der Waals surface area contributed by atoms with Gasteiger partial charge in [0.1, 0.15) is 24.4 Å². The van der Waals surface area contributed by atoms with E-state index in [1.54, 1.807) is 0 Å². The first kappa shape index (κ1) is 19.9. The van der Waals surface area contributed by atoms with Gasteiger partial charge in [-0.2, -0.15) is 0 Å². The Bertz CT molecular complexity index is 496. The van der Waals surface area contributed by atoms with Crippen LogP contribution in [0.5, 0.6) is 0 Å². The highest BCUT2D eigenvalue weighted by atomic mass is 31.2. The summed E-state index contributed by atoms with van der Waals surface area (Å²) in [5.74, 6) is -4.20. The van der Waals surface area contributed by atoms with Crippen LogP contribution in [0.2, 0.25) is 0 Å². The van der Waals surface area contributed by atoms with E-state index in [0.29, 0.717) is 0 Å². The lowest BCUT2D eigenvalue weighted by Crippen LogP contribution is -2.40. The summed E-state index contributed by atoms with van der Waals surface area (Å²) in [5.41, 5.74) is 10.3. The lowest BCUT2D eigenvalue weighted by molar-refractivity contribution is -0.192. The van der Waals surface area contributed by atoms with Crippen molar-refractivity contribution in [2.45, 2.75) is 49.3 Å². The number of aliphatic hydroxyl groups excluding tert-OH is 3. The van der Waals surface area contributed by atoms with Gasteiger partial charge in [0, 0.05) is 6.42 Å². The van der Waals surface area contributed by atoms with Gasteiger partial charge in [-0.1, -0.05) is 0 Å². The quantitative estimate of drug-likeness (QED) is 0.172. The van der Waals surface area contributed by atoms with Crippen LogP contribution in [-0.2, 0) is 23.6 Å². The molecule has 1 heterocycles. The van der Waals surface area contributed by atoms with Gasteiger partial charge in [-0.25, -0.2) is 0 Å². The molecule has 1 fully saturated rings. The molecule has 1 saturated heterocycles. The van der Waals surface area contributed by atoms with Gasteiger partial charge < -0.3 is 46.0 Å². The number of ether oxygens (including phenoxy) is 2. The molecule has 0 aromatic rings. The van der Waals surface area contributed by atoms with Crippen LogP contribution in [0, 0.1) is 0 Å². The van der Waals surface area contributed by atoms with Crippen molar-refractivity contribution in [2.75, 3.05) is 0 Å². The maximum atomic E-state index is 11.6. The van der Waals surface area contributed by atoms with Gasteiger partial charge in [0.15, 0.2) is 5.85 Å². The zero-order valence-corrected chi connectivity index (χ0v) is 12.7. The Morgan fingerprint density at radius 2 is 1.83 bits per heavy atom. The van der Waals surface area contributed by atoms with Crippen LogP contribution in [0.1, 0.15) is 12.8 Å². The molecule has 1 amide bonds. The fraction of sp³-hybridized carbons (Fsp3) is 0.800. The van der Waals surface area contributed by atoms with Gasteiger partial charge in [-0.3, -0.25) is 14.2 Å². The zero-order valence-electron chi connectivity index (χ0n) is 11.8. The van der Waals surface area contributed by atoms with Gasteiger partial charge in [0.05, 0.1) is 0 Å². The summed E-state index contributed by atoms with van der Waals surface area (Å²) in [5, 5.41) is 28.7. The molecule has 13 heteroatoms. The Morgan fingerprint density at radius 3 is 2.30 bits per heavy atom. The van der Waals surface area contributed by atoms with Crippen LogP contribution in [-0.4, -0.2) is 73.5 Å². The van der Waals surface area contributed by atoms with Crippen molar-refractivity contribution >= 4 is 19.5 Å². The summed E-state index contributed by atoms with van der Waals surface area (Å²) in [6.07, 6.45) is -7.74. The van der Waals surface area contributed by atoms with Crippen LogP contribution < -0.4 is 11.5 Å². The molecule has 9 N–H and O–H groups in total. The molecule has 1 aliphatic heterocycles. The number of aliphatic hydroxyl groups is 3. The third-order valence-electron chi connectivity index (χ3n) is 3.13. The van der Waals surface area contributed by atoms with E-state index < -0.39 is 56.0 Å². The minimum absolute atomic E-state index is 0.131. The molecule has 0 spiro atoms. The van der Waals surface area contributed by atoms with Crippen LogP contribution in [0.4, 0.5) is 0 Å². The number of esters is 1. The number of hydrogen-bond donors (Lipinski definition) is 7. The Kier molecular flexibility index (Phi) is 6.62. The number of carbonyl (C=O) groups is 2. The Labute approximate surface area is 130 Å². The molecule has 1 aliphatic rings. The number of rotatable bonds is 7. The van der Waals surface area contributed by atoms with Crippen LogP contribution in [0.3, 0.4) is 0 Å². The summed E-state index contributed by atoms with van der Waals surface area (Å²) >= 11 is 0. The van der Waals surface area contributed by atoms with Crippen molar-refractivity contribution in [3.63, 3.8) is 0 Å². The van der Waals surface area contributed by atoms with E-state index in [0.717, 1.165) is 0 Å². The normalized spacial score (nSPS) is 30.7. The molecule has 0 aliphatic carbocycles. The smallest absolute Gasteiger partial charge is 0.356 e. The lowest BCUT2D eigenvalue weighted by atomic mass is 10.1. The van der Waals surface area contributed by atoms with Crippen LogP contribution >= 0.6 is 7.60 Å². The predicted octanol–water partition coefficient (Wildman–Crippen LogP) is -3.93. The molecule has 0 aromatic carbocycles. The minimum atomic E-state index is -5.03. The molecule has 0 bridgehead atoms. The highest BCUT2D eigenvalue weighted by molar-refractivity contribution is 7.52. The van der Waals surface area contributed by atoms with Crippen molar-refractivity contribution in [1.29, 1.82) is 0 Å². The molecule has 0 radical (unpaired) electrons. The number of nitrogens with two attached hydrogens (primary N) is 2. The minimum Gasteiger partial charge on any atom is -0.432 e. The average molecular weight is 358 g/mol. The Balaban J connectivity index is 2.66. The third-order valence-corrected chi connectivity index (χ3v) is 4.11. The topological polar surface area (TPSA) is 223 Å². The summed E-state index contributed by atoms with van der Waals surface area (Å²) in [7, 11) is -5.03. The molecule has 0 saturated carbocycles. The molecule has 6 atom stereocenters. The molecule has 2 unspecified atom stereocenters. The molecule has 23 heavy (non-hydrogen) atoms. The van der Waals surface area contributed by atoms with Crippen molar-refractivity contribution in [3.05, 3.63) is 0 Å². The molecule has 0 aromatic heterocycles. The molecule has 1 rings (SSSR count). The molecular weight excluding hydrogens is 339 g/mol. The van der Waals surface area contributed by atoms with E-state index in [-0.39, 0.29) is 12.8 Å². The van der Waals surface area contributed by atoms with Gasteiger partial charge in [0.25, 0.3) is 0 Å². The first-order chi connectivity index (χ1) is 10.4. The average Bonchev–Trinajstić information content (AvgIpc) is 2.71. The monoisotopic (exact) mass is 358 g/mol. The second-order valence-corrected chi connectivity index (χ2v) is 6.71. The standard InChI is InChI=1S/C10H19N2O10P/c11-3(1-2-4(12)13)8(16)22-10-6(15)5(14)7(21-10)9(17)23(18,19)20/h3,5-7,9-10,14-15,17H,1-2,11H2,(H2,12,13)(H2,18,19,20)/t3-,5-,6+,7-,9?,10?/m0/s1. The van der Waals surface area contributed by atoms with Crippen molar-refractivity contribution < 1.29 is 48.7 Å². The summed E-state index contributed by atoms with van der Waals surface area (Å²) < 4.78 is 20.4. The second-order valence-electron chi connectivity index (χ2n) is 5.00. The van der Waals surface area contributed by atoms with Gasteiger partial charge in [-0.05, 0) is 6.42 Å².